The number of hydrogen-bond donors (Lipinski definition) is 1. The van der Waals surface area contributed by atoms with Crippen molar-refractivity contribution in [1.29, 1.82) is 0 Å². The van der Waals surface area contributed by atoms with Crippen LogP contribution in [0.15, 0.2) is 66.7 Å². The summed E-state index contributed by atoms with van der Waals surface area (Å²) in [6.45, 7) is 0. The summed E-state index contributed by atoms with van der Waals surface area (Å²) in [6, 6.07) is 16.5. The van der Waals surface area contributed by atoms with Crippen LogP contribution in [-0.4, -0.2) is 11.9 Å². The molecule has 0 saturated carbocycles. The van der Waals surface area contributed by atoms with Crippen molar-refractivity contribution in [2.24, 2.45) is 0 Å². The van der Waals surface area contributed by atoms with E-state index in [1.165, 1.54) is 0 Å². The van der Waals surface area contributed by atoms with E-state index >= 15 is 0 Å². The maximum atomic E-state index is 11.6. The number of hydrogen-bond acceptors (Lipinski definition) is 3. The predicted molar refractivity (Wildman–Crippen MR) is 81.6 cm³/mol. The minimum absolute atomic E-state index is 0.513. The zero-order valence-electron chi connectivity index (χ0n) is 11.6. The molecule has 0 saturated heterocycles. The zero-order valence-corrected chi connectivity index (χ0v) is 11.6. The number of amides is 1. The number of carboxylic acid groups (broad SMARTS) is 1. The summed E-state index contributed by atoms with van der Waals surface area (Å²) in [5, 5.41) is 12.9. The van der Waals surface area contributed by atoms with E-state index in [0.29, 0.717) is 17.3 Å². The highest BCUT2D eigenvalue weighted by atomic mass is 16.4. The summed E-state index contributed by atoms with van der Waals surface area (Å²) < 4.78 is 0. The Kier molecular flexibility index (Phi) is 5.11. The molecule has 0 aliphatic carbocycles. The van der Waals surface area contributed by atoms with Crippen molar-refractivity contribution >= 4 is 17.6 Å². The standard InChI is InChI=1S/C18H13NO3/c20-17(12-13-18(21)22)19-16-9-5-4-8-15(16)11-10-14-6-2-1-3-7-14/h1-9,12-13H,(H,19,20)(H,21,22)/p-1/b13-12+. The Hall–Kier alpha value is -3.32. The van der Waals surface area contributed by atoms with Crippen molar-refractivity contribution in [3.05, 3.63) is 77.9 Å². The van der Waals surface area contributed by atoms with Crippen LogP contribution in [0, 0.1) is 11.8 Å². The number of carbonyl (C=O) groups is 2. The zero-order chi connectivity index (χ0) is 15.8. The molecule has 1 amide bonds. The fraction of sp³-hybridized carbons (Fsp3) is 0. The van der Waals surface area contributed by atoms with Gasteiger partial charge < -0.3 is 15.2 Å². The minimum atomic E-state index is -1.42. The summed E-state index contributed by atoms with van der Waals surface area (Å²) >= 11 is 0. The van der Waals surface area contributed by atoms with Gasteiger partial charge in [0.15, 0.2) is 0 Å². The van der Waals surface area contributed by atoms with Gasteiger partial charge in [0.05, 0.1) is 11.7 Å². The van der Waals surface area contributed by atoms with Crippen molar-refractivity contribution in [2.75, 3.05) is 5.32 Å². The highest BCUT2D eigenvalue weighted by Gasteiger charge is 2.02. The molecule has 0 spiro atoms. The number of nitrogens with one attached hydrogen (secondary N) is 1. The Bertz CT molecular complexity index is 768. The molecule has 2 aromatic carbocycles. The van der Waals surface area contributed by atoms with Crippen molar-refractivity contribution in [3.63, 3.8) is 0 Å². The molecule has 4 heteroatoms. The van der Waals surface area contributed by atoms with E-state index in [9.17, 15) is 14.7 Å². The topological polar surface area (TPSA) is 69.2 Å². The lowest BCUT2D eigenvalue weighted by atomic mass is 10.1. The first kappa shape index (κ1) is 15.1. The molecule has 0 bridgehead atoms. The van der Waals surface area contributed by atoms with Crippen molar-refractivity contribution in [2.45, 2.75) is 0 Å². The highest BCUT2D eigenvalue weighted by molar-refractivity contribution is 6.02. The van der Waals surface area contributed by atoms with E-state index in [2.05, 4.69) is 17.2 Å². The van der Waals surface area contributed by atoms with Gasteiger partial charge >= 0.3 is 0 Å². The predicted octanol–water partition coefficient (Wildman–Crippen LogP) is 1.33. The van der Waals surface area contributed by atoms with E-state index < -0.39 is 11.9 Å². The number of rotatable bonds is 3. The van der Waals surface area contributed by atoms with Crippen LogP contribution in [0.3, 0.4) is 0 Å². The molecule has 2 rings (SSSR count). The first-order chi connectivity index (χ1) is 10.6. The lowest BCUT2D eigenvalue weighted by Gasteiger charge is -2.04. The van der Waals surface area contributed by atoms with Crippen LogP contribution in [0.4, 0.5) is 5.69 Å². The third kappa shape index (κ3) is 4.66. The third-order valence-electron chi connectivity index (χ3n) is 2.67. The number of carboxylic acids is 1. The fourth-order valence-electron chi connectivity index (χ4n) is 1.68. The van der Waals surface area contributed by atoms with Gasteiger partial charge in [-0.3, -0.25) is 4.79 Å². The Morgan fingerprint density at radius 1 is 0.909 bits per heavy atom. The molecule has 0 aromatic heterocycles. The van der Waals surface area contributed by atoms with Crippen LogP contribution in [-0.2, 0) is 9.59 Å². The number of para-hydroxylation sites is 1. The van der Waals surface area contributed by atoms with Gasteiger partial charge in [0.25, 0.3) is 0 Å². The van der Waals surface area contributed by atoms with E-state index in [1.54, 1.807) is 18.2 Å². The van der Waals surface area contributed by atoms with Crippen LogP contribution >= 0.6 is 0 Å². The maximum absolute atomic E-state index is 11.6. The van der Waals surface area contributed by atoms with Gasteiger partial charge in [0.2, 0.25) is 5.91 Å². The molecule has 0 aliphatic rings. The van der Waals surface area contributed by atoms with Crippen LogP contribution in [0.2, 0.25) is 0 Å². The maximum Gasteiger partial charge on any atom is 0.248 e. The average molecular weight is 290 g/mol. The largest absolute Gasteiger partial charge is 0.545 e. The molecule has 2 aromatic rings. The Morgan fingerprint density at radius 2 is 1.59 bits per heavy atom. The minimum Gasteiger partial charge on any atom is -0.545 e. The van der Waals surface area contributed by atoms with Gasteiger partial charge in [0.1, 0.15) is 0 Å². The molecular weight excluding hydrogens is 278 g/mol. The highest BCUT2D eigenvalue weighted by Crippen LogP contribution is 2.14. The van der Waals surface area contributed by atoms with Crippen molar-refractivity contribution in [1.82, 2.24) is 0 Å². The van der Waals surface area contributed by atoms with Crippen molar-refractivity contribution < 1.29 is 14.7 Å². The Morgan fingerprint density at radius 3 is 2.32 bits per heavy atom. The van der Waals surface area contributed by atoms with E-state index in [-0.39, 0.29) is 0 Å². The average Bonchev–Trinajstić information content (AvgIpc) is 2.53. The second-order valence-corrected chi connectivity index (χ2v) is 4.30. The Balaban J connectivity index is 2.19. The summed E-state index contributed by atoms with van der Waals surface area (Å²) in [6.07, 6.45) is 1.57. The number of carbonyl (C=O) groups excluding carboxylic acids is 2. The van der Waals surface area contributed by atoms with Crippen LogP contribution in [0.1, 0.15) is 11.1 Å². The lowest BCUT2D eigenvalue weighted by molar-refractivity contribution is -0.297. The number of aliphatic carboxylic acids is 1. The number of benzene rings is 2. The van der Waals surface area contributed by atoms with Crippen LogP contribution in [0.25, 0.3) is 0 Å². The van der Waals surface area contributed by atoms with Gasteiger partial charge in [-0.15, -0.1) is 0 Å². The summed E-state index contributed by atoms with van der Waals surface area (Å²) in [5.41, 5.74) is 2.01. The van der Waals surface area contributed by atoms with Gasteiger partial charge in [-0.05, 0) is 30.3 Å². The molecule has 0 fully saturated rings. The van der Waals surface area contributed by atoms with Crippen LogP contribution in [0.5, 0.6) is 0 Å². The van der Waals surface area contributed by atoms with Gasteiger partial charge in [-0.1, -0.05) is 42.2 Å². The van der Waals surface area contributed by atoms with Crippen LogP contribution < -0.4 is 10.4 Å². The third-order valence-corrected chi connectivity index (χ3v) is 2.67. The fourth-order valence-corrected chi connectivity index (χ4v) is 1.68. The second-order valence-electron chi connectivity index (χ2n) is 4.30. The summed E-state index contributed by atoms with van der Waals surface area (Å²) in [7, 11) is 0. The SMILES string of the molecule is O=C([O-])/C=C/C(=O)Nc1ccccc1C#Cc1ccccc1. The first-order valence-electron chi connectivity index (χ1n) is 6.51. The molecule has 0 unspecified atom stereocenters. The molecule has 0 aliphatic heterocycles. The molecule has 0 radical (unpaired) electrons. The molecule has 108 valence electrons. The summed E-state index contributed by atoms with van der Waals surface area (Å²) in [4.78, 5) is 21.9. The molecule has 22 heavy (non-hydrogen) atoms. The van der Waals surface area contributed by atoms with Gasteiger partial charge in [0, 0.05) is 17.2 Å². The van der Waals surface area contributed by atoms with E-state index in [1.807, 2.05) is 36.4 Å². The molecule has 4 nitrogen and oxygen atoms in total. The first-order valence-corrected chi connectivity index (χ1v) is 6.51. The van der Waals surface area contributed by atoms with Gasteiger partial charge in [-0.25, -0.2) is 0 Å². The van der Waals surface area contributed by atoms with Crippen molar-refractivity contribution in [3.8, 4) is 11.8 Å². The quantitative estimate of drug-likeness (QED) is 0.685. The Labute approximate surface area is 128 Å². The summed E-state index contributed by atoms with van der Waals surface area (Å²) in [5.74, 6) is 4.00. The molecular formula is C18H12NO3-. The smallest absolute Gasteiger partial charge is 0.248 e. The van der Waals surface area contributed by atoms with Gasteiger partial charge in [-0.2, -0.15) is 0 Å². The number of anilines is 1. The monoisotopic (exact) mass is 290 g/mol. The van der Waals surface area contributed by atoms with E-state index in [4.69, 9.17) is 0 Å². The molecule has 1 N–H and O–H groups in total. The molecule has 0 heterocycles. The lowest BCUT2D eigenvalue weighted by Crippen LogP contribution is -2.20. The van der Waals surface area contributed by atoms with E-state index in [0.717, 1.165) is 11.6 Å². The second kappa shape index (κ2) is 7.46. The molecule has 0 atom stereocenters. The normalized spacial score (nSPS) is 9.82.